The highest BCUT2D eigenvalue weighted by atomic mass is 35.5. The smallest absolute Gasteiger partial charge is 0.119 e. The second kappa shape index (κ2) is 7.53. The summed E-state index contributed by atoms with van der Waals surface area (Å²) < 4.78 is 5.19. The van der Waals surface area contributed by atoms with Gasteiger partial charge in [0.05, 0.1) is 7.11 Å². The molecule has 0 saturated heterocycles. The predicted molar refractivity (Wildman–Crippen MR) is 69.2 cm³/mol. The fourth-order valence-corrected chi connectivity index (χ4v) is 1.89. The zero-order chi connectivity index (χ0) is 11.8. The summed E-state index contributed by atoms with van der Waals surface area (Å²) in [6.45, 7) is 3.04. The molecule has 1 rings (SSSR count). The van der Waals surface area contributed by atoms with Gasteiger partial charge in [0, 0.05) is 18.5 Å². The minimum absolute atomic E-state index is 0.503. The van der Waals surface area contributed by atoms with Crippen molar-refractivity contribution in [1.29, 1.82) is 0 Å². The highest BCUT2D eigenvalue weighted by molar-refractivity contribution is 6.17. The standard InChI is InChI=1S/C13H20ClNO/c1-3-12(7-8-14)15-10-11-5-4-6-13(9-11)16-2/h4-6,9,12,15H,3,7-8,10H2,1-2H3. The number of rotatable bonds is 7. The van der Waals surface area contributed by atoms with E-state index in [0.29, 0.717) is 11.9 Å². The Balaban J connectivity index is 2.46. The molecule has 1 unspecified atom stereocenters. The zero-order valence-corrected chi connectivity index (χ0v) is 10.8. The molecular weight excluding hydrogens is 222 g/mol. The van der Waals surface area contributed by atoms with E-state index in [9.17, 15) is 0 Å². The second-order valence-corrected chi connectivity index (χ2v) is 4.19. The van der Waals surface area contributed by atoms with Crippen LogP contribution in [0.3, 0.4) is 0 Å². The summed E-state index contributed by atoms with van der Waals surface area (Å²) in [5.74, 6) is 1.62. The van der Waals surface area contributed by atoms with Crippen molar-refractivity contribution in [3.05, 3.63) is 29.8 Å². The van der Waals surface area contributed by atoms with E-state index in [-0.39, 0.29) is 0 Å². The van der Waals surface area contributed by atoms with Crippen molar-refractivity contribution in [2.75, 3.05) is 13.0 Å². The lowest BCUT2D eigenvalue weighted by Gasteiger charge is -2.15. The molecule has 1 N–H and O–H groups in total. The topological polar surface area (TPSA) is 21.3 Å². The molecule has 0 radical (unpaired) electrons. The normalized spacial score (nSPS) is 12.4. The van der Waals surface area contributed by atoms with Gasteiger partial charge >= 0.3 is 0 Å². The first-order valence-corrected chi connectivity index (χ1v) is 6.25. The molecule has 1 atom stereocenters. The number of nitrogens with one attached hydrogen (secondary N) is 1. The maximum Gasteiger partial charge on any atom is 0.119 e. The largest absolute Gasteiger partial charge is 0.497 e. The molecule has 0 amide bonds. The summed E-state index contributed by atoms with van der Waals surface area (Å²) in [4.78, 5) is 0. The Morgan fingerprint density at radius 3 is 2.88 bits per heavy atom. The lowest BCUT2D eigenvalue weighted by Crippen LogP contribution is -2.28. The highest BCUT2D eigenvalue weighted by Crippen LogP contribution is 2.12. The lowest BCUT2D eigenvalue weighted by molar-refractivity contribution is 0.413. The van der Waals surface area contributed by atoms with Gasteiger partial charge in [-0.3, -0.25) is 0 Å². The predicted octanol–water partition coefficient (Wildman–Crippen LogP) is 3.19. The third-order valence-corrected chi connectivity index (χ3v) is 2.90. The molecule has 0 aliphatic carbocycles. The number of ether oxygens (including phenoxy) is 1. The fraction of sp³-hybridized carbons (Fsp3) is 0.538. The molecular formula is C13H20ClNO. The van der Waals surface area contributed by atoms with Gasteiger partial charge in [0.1, 0.15) is 5.75 Å². The summed E-state index contributed by atoms with van der Waals surface area (Å²) in [5.41, 5.74) is 1.24. The van der Waals surface area contributed by atoms with Gasteiger partial charge in [0.2, 0.25) is 0 Å². The third kappa shape index (κ3) is 4.42. The molecule has 3 heteroatoms. The van der Waals surface area contributed by atoms with Gasteiger partial charge in [-0.1, -0.05) is 19.1 Å². The zero-order valence-electron chi connectivity index (χ0n) is 10.0. The Labute approximate surface area is 103 Å². The van der Waals surface area contributed by atoms with Crippen LogP contribution in [0, 0.1) is 0 Å². The van der Waals surface area contributed by atoms with E-state index in [4.69, 9.17) is 16.3 Å². The number of hydrogen-bond donors (Lipinski definition) is 1. The molecule has 16 heavy (non-hydrogen) atoms. The van der Waals surface area contributed by atoms with Crippen LogP contribution in [-0.4, -0.2) is 19.0 Å². The first-order chi connectivity index (χ1) is 7.80. The maximum atomic E-state index is 5.74. The minimum atomic E-state index is 0.503. The van der Waals surface area contributed by atoms with E-state index in [2.05, 4.69) is 24.4 Å². The Hall–Kier alpha value is -0.730. The van der Waals surface area contributed by atoms with Gasteiger partial charge in [-0.25, -0.2) is 0 Å². The van der Waals surface area contributed by atoms with Crippen LogP contribution >= 0.6 is 11.6 Å². The van der Waals surface area contributed by atoms with Gasteiger partial charge in [-0.15, -0.1) is 11.6 Å². The van der Waals surface area contributed by atoms with E-state index in [1.54, 1.807) is 7.11 Å². The average molecular weight is 242 g/mol. The van der Waals surface area contributed by atoms with Crippen molar-refractivity contribution in [2.45, 2.75) is 32.4 Å². The van der Waals surface area contributed by atoms with E-state index in [1.165, 1.54) is 5.56 Å². The Morgan fingerprint density at radius 1 is 1.44 bits per heavy atom. The van der Waals surface area contributed by atoms with Crippen molar-refractivity contribution in [3.8, 4) is 5.75 Å². The van der Waals surface area contributed by atoms with Crippen molar-refractivity contribution in [3.63, 3.8) is 0 Å². The highest BCUT2D eigenvalue weighted by Gasteiger charge is 2.04. The van der Waals surface area contributed by atoms with E-state index >= 15 is 0 Å². The van der Waals surface area contributed by atoms with Crippen LogP contribution in [0.4, 0.5) is 0 Å². The van der Waals surface area contributed by atoms with Crippen LogP contribution in [0.25, 0.3) is 0 Å². The quantitative estimate of drug-likeness (QED) is 0.741. The molecule has 0 saturated carbocycles. The molecule has 0 fully saturated rings. The Morgan fingerprint density at radius 2 is 2.25 bits per heavy atom. The molecule has 0 spiro atoms. The van der Waals surface area contributed by atoms with E-state index in [1.807, 2.05) is 12.1 Å². The van der Waals surface area contributed by atoms with Gasteiger partial charge in [0.15, 0.2) is 0 Å². The molecule has 0 bridgehead atoms. The van der Waals surface area contributed by atoms with E-state index in [0.717, 1.165) is 25.1 Å². The Bertz CT molecular complexity index is 304. The summed E-state index contributed by atoms with van der Waals surface area (Å²) >= 11 is 5.74. The van der Waals surface area contributed by atoms with Crippen LogP contribution in [0.2, 0.25) is 0 Å². The van der Waals surface area contributed by atoms with E-state index < -0.39 is 0 Å². The first-order valence-electron chi connectivity index (χ1n) is 5.72. The van der Waals surface area contributed by atoms with Crippen LogP contribution in [0.15, 0.2) is 24.3 Å². The van der Waals surface area contributed by atoms with Crippen molar-refractivity contribution in [2.24, 2.45) is 0 Å². The number of hydrogen-bond acceptors (Lipinski definition) is 2. The van der Waals surface area contributed by atoms with Gasteiger partial charge in [0.25, 0.3) is 0 Å². The number of benzene rings is 1. The van der Waals surface area contributed by atoms with Gasteiger partial charge in [-0.2, -0.15) is 0 Å². The second-order valence-electron chi connectivity index (χ2n) is 3.82. The van der Waals surface area contributed by atoms with Crippen LogP contribution in [0.5, 0.6) is 5.75 Å². The van der Waals surface area contributed by atoms with Gasteiger partial charge in [-0.05, 0) is 30.5 Å². The molecule has 0 heterocycles. The molecule has 1 aromatic carbocycles. The fourth-order valence-electron chi connectivity index (χ4n) is 1.63. The average Bonchev–Trinajstić information content (AvgIpc) is 2.34. The Kier molecular flexibility index (Phi) is 6.27. The summed E-state index contributed by atoms with van der Waals surface area (Å²) in [6.07, 6.45) is 2.12. The third-order valence-electron chi connectivity index (χ3n) is 2.68. The van der Waals surface area contributed by atoms with Crippen molar-refractivity contribution >= 4 is 11.6 Å². The van der Waals surface area contributed by atoms with Crippen LogP contribution in [-0.2, 0) is 6.54 Å². The molecule has 0 aliphatic rings. The lowest BCUT2D eigenvalue weighted by atomic mass is 10.1. The van der Waals surface area contributed by atoms with Crippen LogP contribution < -0.4 is 10.1 Å². The summed E-state index contributed by atoms with van der Waals surface area (Å²) in [7, 11) is 1.69. The minimum Gasteiger partial charge on any atom is -0.497 e. The molecule has 0 aliphatic heterocycles. The summed E-state index contributed by atoms with van der Waals surface area (Å²) in [6, 6.07) is 8.63. The van der Waals surface area contributed by atoms with Crippen molar-refractivity contribution in [1.82, 2.24) is 5.32 Å². The molecule has 90 valence electrons. The monoisotopic (exact) mass is 241 g/mol. The molecule has 2 nitrogen and oxygen atoms in total. The number of alkyl halides is 1. The SMILES string of the molecule is CCC(CCCl)NCc1cccc(OC)c1. The van der Waals surface area contributed by atoms with Gasteiger partial charge < -0.3 is 10.1 Å². The number of methoxy groups -OCH3 is 1. The van der Waals surface area contributed by atoms with Crippen LogP contribution in [0.1, 0.15) is 25.3 Å². The van der Waals surface area contributed by atoms with Crippen molar-refractivity contribution < 1.29 is 4.74 Å². The number of halogens is 1. The maximum absolute atomic E-state index is 5.74. The summed E-state index contributed by atoms with van der Waals surface area (Å²) in [5, 5.41) is 3.50. The molecule has 1 aromatic rings. The molecule has 0 aromatic heterocycles. The first kappa shape index (κ1) is 13.3.